The van der Waals surface area contributed by atoms with E-state index < -0.39 is 0 Å². The topological polar surface area (TPSA) is 61.8 Å². The zero-order chi connectivity index (χ0) is 14.3. The molecule has 2 N–H and O–H groups in total. The van der Waals surface area contributed by atoms with Gasteiger partial charge in [-0.3, -0.25) is 4.79 Å². The maximum absolute atomic E-state index is 11.8. The number of carbonyl (C=O) groups excluding carboxylic acids is 1. The normalized spacial score (nSPS) is 10.7. The molecule has 0 spiro atoms. The van der Waals surface area contributed by atoms with Gasteiger partial charge in [0.25, 0.3) is 5.91 Å². The third-order valence-electron chi connectivity index (χ3n) is 2.42. The number of hydrogen-bond acceptors (Lipinski definition) is 4. The van der Waals surface area contributed by atoms with Crippen LogP contribution in [-0.4, -0.2) is 56.3 Å². The van der Waals surface area contributed by atoms with E-state index in [9.17, 15) is 9.90 Å². The van der Waals surface area contributed by atoms with E-state index in [0.717, 1.165) is 11.0 Å². The van der Waals surface area contributed by atoms with Crippen molar-refractivity contribution >= 4 is 21.8 Å². The van der Waals surface area contributed by atoms with Crippen molar-refractivity contribution in [2.75, 3.05) is 40.4 Å². The van der Waals surface area contributed by atoms with Crippen molar-refractivity contribution in [1.29, 1.82) is 0 Å². The first-order valence-electron chi connectivity index (χ1n) is 6.00. The lowest BCUT2D eigenvalue weighted by atomic mass is 10.2. The van der Waals surface area contributed by atoms with Gasteiger partial charge in [0, 0.05) is 17.6 Å². The van der Waals surface area contributed by atoms with Crippen molar-refractivity contribution in [1.82, 2.24) is 10.2 Å². The zero-order valence-electron chi connectivity index (χ0n) is 11.1. The average Bonchev–Trinajstić information content (AvgIpc) is 2.36. The Morgan fingerprint density at radius 3 is 2.84 bits per heavy atom. The number of carbonyl (C=O) groups is 1. The molecule has 0 fully saturated rings. The number of halogens is 1. The predicted molar refractivity (Wildman–Crippen MR) is 77.5 cm³/mol. The van der Waals surface area contributed by atoms with Gasteiger partial charge in [0.2, 0.25) is 0 Å². The van der Waals surface area contributed by atoms with E-state index in [-0.39, 0.29) is 17.2 Å². The molecule has 0 heterocycles. The van der Waals surface area contributed by atoms with E-state index in [0.29, 0.717) is 19.8 Å². The summed E-state index contributed by atoms with van der Waals surface area (Å²) in [5, 5.41) is 12.3. The summed E-state index contributed by atoms with van der Waals surface area (Å²) in [6.45, 7) is 2.35. The third-order valence-corrected chi connectivity index (χ3v) is 2.91. The summed E-state index contributed by atoms with van der Waals surface area (Å²) in [5.74, 6) is -0.343. The molecule has 0 bridgehead atoms. The van der Waals surface area contributed by atoms with E-state index in [4.69, 9.17) is 4.74 Å². The van der Waals surface area contributed by atoms with Crippen LogP contribution in [0.2, 0.25) is 0 Å². The summed E-state index contributed by atoms with van der Waals surface area (Å²) in [5.41, 5.74) is 0.252. The minimum atomic E-state index is -0.310. The summed E-state index contributed by atoms with van der Waals surface area (Å²) < 4.78 is 6.10. The van der Waals surface area contributed by atoms with Crippen molar-refractivity contribution in [3.8, 4) is 5.75 Å². The average molecular weight is 331 g/mol. The zero-order valence-corrected chi connectivity index (χ0v) is 12.7. The monoisotopic (exact) mass is 330 g/mol. The number of phenols is 1. The van der Waals surface area contributed by atoms with Crippen LogP contribution in [-0.2, 0) is 4.74 Å². The molecular weight excluding hydrogens is 312 g/mol. The van der Waals surface area contributed by atoms with Gasteiger partial charge in [-0.15, -0.1) is 0 Å². The van der Waals surface area contributed by atoms with E-state index in [1.807, 2.05) is 19.0 Å². The number of benzene rings is 1. The van der Waals surface area contributed by atoms with Gasteiger partial charge >= 0.3 is 0 Å². The summed E-state index contributed by atoms with van der Waals surface area (Å²) in [6.07, 6.45) is 0. The summed E-state index contributed by atoms with van der Waals surface area (Å²) in [7, 11) is 3.95. The second-order valence-corrected chi connectivity index (χ2v) is 5.25. The maximum atomic E-state index is 11.8. The first kappa shape index (κ1) is 15.9. The van der Waals surface area contributed by atoms with Gasteiger partial charge in [-0.25, -0.2) is 0 Å². The van der Waals surface area contributed by atoms with Crippen LogP contribution in [0.25, 0.3) is 0 Å². The Morgan fingerprint density at radius 1 is 1.42 bits per heavy atom. The first-order chi connectivity index (χ1) is 9.00. The molecule has 0 unspecified atom stereocenters. The van der Waals surface area contributed by atoms with Crippen LogP contribution in [0.1, 0.15) is 10.4 Å². The number of aromatic hydroxyl groups is 1. The van der Waals surface area contributed by atoms with Gasteiger partial charge in [0.1, 0.15) is 5.75 Å². The van der Waals surface area contributed by atoms with Gasteiger partial charge in [-0.2, -0.15) is 0 Å². The number of likely N-dealkylation sites (N-methyl/N-ethyl adjacent to an activating group) is 1. The molecule has 0 atom stereocenters. The number of ether oxygens (including phenoxy) is 1. The van der Waals surface area contributed by atoms with Crippen LogP contribution in [0.3, 0.4) is 0 Å². The Labute approximate surface area is 121 Å². The molecular formula is C13H19BrN2O3. The minimum Gasteiger partial charge on any atom is -0.507 e. The van der Waals surface area contributed by atoms with Crippen LogP contribution < -0.4 is 5.32 Å². The standard InChI is InChI=1S/C13H19BrN2O3/c1-16(2)6-8-19-7-5-15-13(18)11-9-10(14)3-4-12(11)17/h3-4,9,17H,5-8H2,1-2H3,(H,15,18). The molecule has 5 nitrogen and oxygen atoms in total. The van der Waals surface area contributed by atoms with Crippen LogP contribution in [0.5, 0.6) is 5.75 Å². The van der Waals surface area contributed by atoms with Crippen molar-refractivity contribution < 1.29 is 14.6 Å². The van der Waals surface area contributed by atoms with Crippen LogP contribution in [0.4, 0.5) is 0 Å². The largest absolute Gasteiger partial charge is 0.507 e. The summed E-state index contributed by atoms with van der Waals surface area (Å²) >= 11 is 3.26. The molecule has 0 aromatic heterocycles. The number of rotatable bonds is 7. The quantitative estimate of drug-likeness (QED) is 0.743. The van der Waals surface area contributed by atoms with Gasteiger partial charge in [0.15, 0.2) is 0 Å². The number of hydrogen-bond donors (Lipinski definition) is 2. The lowest BCUT2D eigenvalue weighted by molar-refractivity contribution is 0.0898. The molecule has 1 aromatic carbocycles. The highest BCUT2D eigenvalue weighted by Crippen LogP contribution is 2.21. The number of nitrogens with one attached hydrogen (secondary N) is 1. The second-order valence-electron chi connectivity index (χ2n) is 4.33. The fraction of sp³-hybridized carbons (Fsp3) is 0.462. The van der Waals surface area contributed by atoms with Crippen molar-refractivity contribution in [2.45, 2.75) is 0 Å². The molecule has 1 amide bonds. The molecule has 6 heteroatoms. The van der Waals surface area contributed by atoms with Gasteiger partial charge in [-0.05, 0) is 32.3 Å². The first-order valence-corrected chi connectivity index (χ1v) is 6.79. The fourth-order valence-electron chi connectivity index (χ4n) is 1.37. The molecule has 1 rings (SSSR count). The highest BCUT2D eigenvalue weighted by molar-refractivity contribution is 9.10. The lowest BCUT2D eigenvalue weighted by Crippen LogP contribution is -2.28. The number of phenolic OH excluding ortho intramolecular Hbond substituents is 1. The van der Waals surface area contributed by atoms with Gasteiger partial charge in [-0.1, -0.05) is 15.9 Å². The number of amides is 1. The molecule has 0 aliphatic carbocycles. The highest BCUT2D eigenvalue weighted by atomic mass is 79.9. The van der Waals surface area contributed by atoms with E-state index in [1.54, 1.807) is 12.1 Å². The number of nitrogens with zero attached hydrogens (tertiary/aromatic N) is 1. The van der Waals surface area contributed by atoms with Crippen molar-refractivity contribution in [3.63, 3.8) is 0 Å². The molecule has 1 aromatic rings. The molecule has 0 saturated carbocycles. The molecule has 0 saturated heterocycles. The Morgan fingerprint density at radius 2 is 2.16 bits per heavy atom. The Hall–Kier alpha value is -1.11. The fourth-order valence-corrected chi connectivity index (χ4v) is 1.73. The van der Waals surface area contributed by atoms with E-state index in [1.165, 1.54) is 6.07 Å². The van der Waals surface area contributed by atoms with Crippen LogP contribution in [0.15, 0.2) is 22.7 Å². The van der Waals surface area contributed by atoms with E-state index in [2.05, 4.69) is 21.2 Å². The van der Waals surface area contributed by atoms with E-state index >= 15 is 0 Å². The smallest absolute Gasteiger partial charge is 0.255 e. The predicted octanol–water partition coefficient (Wildman–Crippen LogP) is 1.46. The minimum absolute atomic E-state index is 0.0331. The Balaban J connectivity index is 2.29. The molecule has 106 valence electrons. The van der Waals surface area contributed by atoms with Crippen molar-refractivity contribution in [3.05, 3.63) is 28.2 Å². The molecule has 19 heavy (non-hydrogen) atoms. The second kappa shape index (κ2) is 8.14. The summed E-state index contributed by atoms with van der Waals surface area (Å²) in [6, 6.07) is 4.74. The SMILES string of the molecule is CN(C)CCOCCNC(=O)c1cc(Br)ccc1O. The summed E-state index contributed by atoms with van der Waals surface area (Å²) in [4.78, 5) is 13.8. The molecule has 0 aliphatic heterocycles. The third kappa shape index (κ3) is 6.04. The van der Waals surface area contributed by atoms with Gasteiger partial charge < -0.3 is 20.1 Å². The molecule has 0 aliphatic rings. The highest BCUT2D eigenvalue weighted by Gasteiger charge is 2.10. The Kier molecular flexibility index (Phi) is 6.83. The van der Waals surface area contributed by atoms with Crippen LogP contribution >= 0.6 is 15.9 Å². The lowest BCUT2D eigenvalue weighted by Gasteiger charge is -2.10. The van der Waals surface area contributed by atoms with Crippen LogP contribution in [0, 0.1) is 0 Å². The Bertz CT molecular complexity index is 424. The van der Waals surface area contributed by atoms with Crippen molar-refractivity contribution in [2.24, 2.45) is 0 Å². The molecule has 0 radical (unpaired) electrons. The van der Waals surface area contributed by atoms with Gasteiger partial charge in [0.05, 0.1) is 18.8 Å². The maximum Gasteiger partial charge on any atom is 0.255 e.